The molecule has 3 rings (SSSR count). The topological polar surface area (TPSA) is 48.0 Å². The Labute approximate surface area is 126 Å². The Morgan fingerprint density at radius 3 is 2.40 bits per heavy atom. The normalized spacial score (nSPS) is 12.4. The number of hydrogen-bond acceptors (Lipinski definition) is 1. The molecule has 0 aliphatic heterocycles. The minimum absolute atomic E-state index is 0.387. The van der Waals surface area contributed by atoms with Gasteiger partial charge >= 0.3 is 6.03 Å². The number of carbonyl (C=O) groups excluding carboxylic acids is 1. The van der Waals surface area contributed by atoms with Crippen LogP contribution in [0.25, 0.3) is 10.9 Å². The van der Waals surface area contributed by atoms with Gasteiger partial charge in [-0.1, -0.05) is 36.4 Å². The molecule has 0 saturated heterocycles. The summed E-state index contributed by atoms with van der Waals surface area (Å²) in [7, 11) is -0.387. The smallest absolute Gasteiger partial charge is 0.327 e. The third-order valence-electron chi connectivity index (χ3n) is 3.03. The number of primary amides is 1. The predicted molar refractivity (Wildman–Crippen MR) is 86.2 cm³/mol. The first-order chi connectivity index (χ1) is 9.68. The van der Waals surface area contributed by atoms with Gasteiger partial charge in [0, 0.05) is 11.5 Å². The van der Waals surface area contributed by atoms with Crippen LogP contribution in [-0.4, -0.2) is 10.6 Å². The van der Waals surface area contributed by atoms with Crippen molar-refractivity contribution in [3.05, 3.63) is 60.7 Å². The van der Waals surface area contributed by atoms with E-state index in [1.54, 1.807) is 4.57 Å². The van der Waals surface area contributed by atoms with Crippen molar-refractivity contribution >= 4 is 41.1 Å². The number of halogens is 1. The standard InChI is InChI=1S/C15H11BrN2OS/c16-20(12-7-2-1-3-8-12)14-10-11-6-4-5-9-13(11)18(14)15(17)19/h1-10H,(H-,17,19)/p+1. The number of carbonyl (C=O) groups is 1. The zero-order valence-electron chi connectivity index (χ0n) is 10.5. The van der Waals surface area contributed by atoms with Crippen LogP contribution in [0.1, 0.15) is 0 Å². The van der Waals surface area contributed by atoms with Gasteiger partial charge in [0.25, 0.3) is 5.03 Å². The largest absolute Gasteiger partial charge is 0.351 e. The first-order valence-electron chi connectivity index (χ1n) is 6.04. The van der Waals surface area contributed by atoms with Crippen molar-refractivity contribution in [1.29, 1.82) is 0 Å². The second-order valence-corrected chi connectivity index (χ2v) is 7.63. The molecule has 0 spiro atoms. The maximum absolute atomic E-state index is 11.8. The molecule has 0 fully saturated rings. The Hall–Kier alpha value is -1.72. The van der Waals surface area contributed by atoms with Gasteiger partial charge in [-0.15, -0.1) is 0 Å². The SMILES string of the molecule is NC(=O)n1c([S+](Br)c2ccccc2)cc2ccccc21. The van der Waals surface area contributed by atoms with Crippen molar-refractivity contribution in [1.82, 2.24) is 4.57 Å². The Morgan fingerprint density at radius 1 is 1.05 bits per heavy atom. The van der Waals surface area contributed by atoms with Crippen molar-refractivity contribution < 1.29 is 4.79 Å². The average Bonchev–Trinajstić information content (AvgIpc) is 2.86. The summed E-state index contributed by atoms with van der Waals surface area (Å²) in [6.45, 7) is 0. The molecule has 2 N–H and O–H groups in total. The Kier molecular flexibility index (Phi) is 3.54. The summed E-state index contributed by atoms with van der Waals surface area (Å²) in [5.74, 6) is 0. The van der Waals surface area contributed by atoms with Gasteiger partial charge in [-0.05, 0) is 18.2 Å². The zero-order chi connectivity index (χ0) is 14.1. The highest BCUT2D eigenvalue weighted by molar-refractivity contribution is 9.48. The molecule has 1 amide bonds. The van der Waals surface area contributed by atoms with Crippen LogP contribution in [0.4, 0.5) is 4.79 Å². The number of nitrogens with zero attached hydrogens (tertiary/aromatic N) is 1. The number of fused-ring (bicyclic) bond motifs is 1. The molecule has 1 heterocycles. The van der Waals surface area contributed by atoms with Crippen LogP contribution < -0.4 is 5.73 Å². The van der Waals surface area contributed by atoms with Gasteiger partial charge in [-0.2, -0.15) is 0 Å². The molecule has 5 heteroatoms. The van der Waals surface area contributed by atoms with Gasteiger partial charge in [0.05, 0.1) is 5.52 Å². The van der Waals surface area contributed by atoms with E-state index in [1.807, 2.05) is 60.7 Å². The monoisotopic (exact) mass is 347 g/mol. The van der Waals surface area contributed by atoms with E-state index >= 15 is 0 Å². The van der Waals surface area contributed by atoms with Gasteiger partial charge in [-0.25, -0.2) is 9.36 Å². The molecular weight excluding hydrogens is 336 g/mol. The quantitative estimate of drug-likeness (QED) is 0.701. The molecule has 0 bridgehead atoms. The maximum Gasteiger partial charge on any atom is 0.327 e. The van der Waals surface area contributed by atoms with Crippen LogP contribution in [-0.2, 0) is 9.33 Å². The lowest BCUT2D eigenvalue weighted by Crippen LogP contribution is -2.22. The fourth-order valence-electron chi connectivity index (χ4n) is 2.15. The number of aromatic nitrogens is 1. The van der Waals surface area contributed by atoms with Crippen LogP contribution >= 0.6 is 14.8 Å². The third kappa shape index (κ3) is 2.23. The van der Waals surface area contributed by atoms with Crippen molar-refractivity contribution in [3.63, 3.8) is 0 Å². The lowest BCUT2D eigenvalue weighted by molar-refractivity contribution is 0.249. The van der Waals surface area contributed by atoms with E-state index in [4.69, 9.17) is 5.73 Å². The molecule has 2 aromatic carbocycles. The number of benzene rings is 2. The fourth-order valence-corrected chi connectivity index (χ4v) is 4.73. The van der Waals surface area contributed by atoms with Crippen LogP contribution in [0.3, 0.4) is 0 Å². The highest BCUT2D eigenvalue weighted by Gasteiger charge is 2.30. The summed E-state index contributed by atoms with van der Waals surface area (Å²) in [5, 5.41) is 1.87. The number of nitrogens with two attached hydrogens (primary N) is 1. The molecule has 1 atom stereocenters. The number of amides is 1. The lowest BCUT2D eigenvalue weighted by Gasteiger charge is -2.03. The number of rotatable bonds is 2. The molecule has 0 aliphatic rings. The summed E-state index contributed by atoms with van der Waals surface area (Å²) in [5.41, 5.74) is 6.38. The van der Waals surface area contributed by atoms with Crippen LogP contribution in [0.15, 0.2) is 70.6 Å². The van der Waals surface area contributed by atoms with E-state index in [0.717, 1.165) is 20.8 Å². The van der Waals surface area contributed by atoms with E-state index in [0.29, 0.717) is 0 Å². The summed E-state index contributed by atoms with van der Waals surface area (Å²) in [4.78, 5) is 12.9. The second-order valence-electron chi connectivity index (χ2n) is 4.28. The highest BCUT2D eigenvalue weighted by Crippen LogP contribution is 2.33. The molecule has 1 unspecified atom stereocenters. The van der Waals surface area contributed by atoms with Crippen molar-refractivity contribution in [2.45, 2.75) is 9.92 Å². The second kappa shape index (κ2) is 5.34. The van der Waals surface area contributed by atoms with E-state index < -0.39 is 6.03 Å². The van der Waals surface area contributed by atoms with E-state index in [-0.39, 0.29) is 9.33 Å². The molecule has 1 aromatic heterocycles. The van der Waals surface area contributed by atoms with Crippen LogP contribution in [0.2, 0.25) is 0 Å². The van der Waals surface area contributed by atoms with Gasteiger partial charge in [0.1, 0.15) is 0 Å². The molecular formula is C15H12BrN2OS+. The molecule has 0 saturated carbocycles. The van der Waals surface area contributed by atoms with E-state index in [1.165, 1.54) is 0 Å². The third-order valence-corrected chi connectivity index (χ3v) is 6.50. The summed E-state index contributed by atoms with van der Waals surface area (Å²) < 4.78 is 1.57. The van der Waals surface area contributed by atoms with Gasteiger partial charge in [0.2, 0.25) is 14.8 Å². The first-order valence-corrected chi connectivity index (χ1v) is 9.11. The van der Waals surface area contributed by atoms with E-state index in [9.17, 15) is 4.79 Å². The zero-order valence-corrected chi connectivity index (χ0v) is 12.9. The summed E-state index contributed by atoms with van der Waals surface area (Å²) in [6, 6.07) is 19.3. The fraction of sp³-hybridized carbons (Fsp3) is 0. The van der Waals surface area contributed by atoms with Gasteiger partial charge in [-0.3, -0.25) is 0 Å². The minimum Gasteiger partial charge on any atom is -0.351 e. The predicted octanol–water partition coefficient (Wildman–Crippen LogP) is 3.91. The Bertz CT molecular complexity index is 770. The van der Waals surface area contributed by atoms with E-state index in [2.05, 4.69) is 14.8 Å². The molecule has 20 heavy (non-hydrogen) atoms. The van der Waals surface area contributed by atoms with Crippen LogP contribution in [0.5, 0.6) is 0 Å². The summed E-state index contributed by atoms with van der Waals surface area (Å²) in [6.07, 6.45) is 0. The van der Waals surface area contributed by atoms with Gasteiger partial charge in [0.15, 0.2) is 14.2 Å². The van der Waals surface area contributed by atoms with Gasteiger partial charge < -0.3 is 5.73 Å². The molecule has 3 aromatic rings. The average molecular weight is 348 g/mol. The van der Waals surface area contributed by atoms with Crippen molar-refractivity contribution in [3.8, 4) is 0 Å². The Balaban J connectivity index is 2.21. The minimum atomic E-state index is -0.464. The Morgan fingerprint density at radius 2 is 1.70 bits per heavy atom. The van der Waals surface area contributed by atoms with Crippen molar-refractivity contribution in [2.24, 2.45) is 5.73 Å². The lowest BCUT2D eigenvalue weighted by atomic mass is 10.2. The molecule has 0 radical (unpaired) electrons. The van der Waals surface area contributed by atoms with Crippen molar-refractivity contribution in [2.75, 3.05) is 0 Å². The summed E-state index contributed by atoms with van der Waals surface area (Å²) >= 11 is 3.69. The molecule has 3 nitrogen and oxygen atoms in total. The number of hydrogen-bond donors (Lipinski definition) is 1. The van der Waals surface area contributed by atoms with Crippen LogP contribution in [0, 0.1) is 0 Å². The molecule has 100 valence electrons. The molecule has 0 aliphatic carbocycles. The maximum atomic E-state index is 11.8. The highest BCUT2D eigenvalue weighted by atomic mass is 79.9. The first kappa shape index (κ1) is 13.3. The number of para-hydroxylation sites is 1.